The van der Waals surface area contributed by atoms with Gasteiger partial charge in [-0.3, -0.25) is 0 Å². The van der Waals surface area contributed by atoms with Gasteiger partial charge in [-0.2, -0.15) is 13.2 Å². The molecule has 0 bridgehead atoms. The molecule has 4 nitrogen and oxygen atoms in total. The number of ether oxygens (including phenoxy) is 1. The highest BCUT2D eigenvalue weighted by Crippen LogP contribution is 2.35. The number of rotatable bonds is 2. The van der Waals surface area contributed by atoms with Crippen LogP contribution in [0.1, 0.15) is 23.0 Å². The second kappa shape index (κ2) is 4.38. The Labute approximate surface area is 88.7 Å². The van der Waals surface area contributed by atoms with E-state index in [0.717, 1.165) is 12.3 Å². The summed E-state index contributed by atoms with van der Waals surface area (Å²) < 4.78 is 41.4. The molecule has 0 amide bonds. The first-order valence-electron chi connectivity index (χ1n) is 4.30. The van der Waals surface area contributed by atoms with E-state index in [4.69, 9.17) is 0 Å². The van der Waals surface area contributed by atoms with E-state index in [0.29, 0.717) is 0 Å². The summed E-state index contributed by atoms with van der Waals surface area (Å²) in [5.41, 5.74) is -2.05. The van der Waals surface area contributed by atoms with Crippen LogP contribution in [-0.4, -0.2) is 22.7 Å². The summed E-state index contributed by atoms with van der Waals surface area (Å²) in [5.74, 6) is -2.23. The van der Waals surface area contributed by atoms with Gasteiger partial charge in [0.1, 0.15) is 5.56 Å². The van der Waals surface area contributed by atoms with Gasteiger partial charge in [0.25, 0.3) is 0 Å². The van der Waals surface area contributed by atoms with Crippen molar-refractivity contribution >= 4 is 5.97 Å². The van der Waals surface area contributed by atoms with Gasteiger partial charge in [-0.25, -0.2) is 9.78 Å². The van der Waals surface area contributed by atoms with Gasteiger partial charge in [-0.05, 0) is 13.0 Å². The first kappa shape index (κ1) is 12.3. The largest absolute Gasteiger partial charge is 0.505 e. The SMILES string of the molecule is CCOC(=O)c1ccnc(C(F)(F)F)c1O. The summed E-state index contributed by atoms with van der Waals surface area (Å²) in [7, 11) is 0. The van der Waals surface area contributed by atoms with Crippen molar-refractivity contribution in [2.75, 3.05) is 6.61 Å². The molecule has 0 saturated heterocycles. The number of aromatic nitrogens is 1. The molecular formula is C9H8F3NO3. The predicted molar refractivity (Wildman–Crippen MR) is 46.9 cm³/mol. The molecule has 7 heteroatoms. The Bertz CT molecular complexity index is 403. The van der Waals surface area contributed by atoms with Crippen molar-refractivity contribution in [3.05, 3.63) is 23.5 Å². The van der Waals surface area contributed by atoms with Crippen LogP contribution in [-0.2, 0) is 10.9 Å². The van der Waals surface area contributed by atoms with Crippen molar-refractivity contribution < 1.29 is 27.8 Å². The van der Waals surface area contributed by atoms with Crippen LogP contribution in [0.5, 0.6) is 5.75 Å². The zero-order chi connectivity index (χ0) is 12.3. The third-order valence-corrected chi connectivity index (χ3v) is 1.69. The minimum Gasteiger partial charge on any atom is -0.505 e. The molecule has 0 spiro atoms. The van der Waals surface area contributed by atoms with E-state index >= 15 is 0 Å². The molecule has 0 aliphatic carbocycles. The average molecular weight is 235 g/mol. The standard InChI is InChI=1S/C9H8F3NO3/c1-2-16-8(15)5-3-4-13-7(6(5)14)9(10,11)12/h3-4,14H,2H2,1H3. The Morgan fingerprint density at radius 2 is 2.19 bits per heavy atom. The summed E-state index contributed by atoms with van der Waals surface area (Å²) in [5, 5.41) is 9.24. The second-order valence-electron chi connectivity index (χ2n) is 2.77. The number of carbonyl (C=O) groups is 1. The Kier molecular flexibility index (Phi) is 3.36. The molecule has 1 heterocycles. The first-order chi connectivity index (χ1) is 7.38. The fourth-order valence-corrected chi connectivity index (χ4v) is 1.03. The Hall–Kier alpha value is -1.79. The molecule has 16 heavy (non-hydrogen) atoms. The molecule has 1 N–H and O–H groups in total. The van der Waals surface area contributed by atoms with Crippen LogP contribution >= 0.6 is 0 Å². The first-order valence-corrected chi connectivity index (χ1v) is 4.30. The van der Waals surface area contributed by atoms with Crippen LogP contribution in [0, 0.1) is 0 Å². The smallest absolute Gasteiger partial charge is 0.437 e. The predicted octanol–water partition coefficient (Wildman–Crippen LogP) is 1.98. The summed E-state index contributed by atoms with van der Waals surface area (Å²) >= 11 is 0. The lowest BCUT2D eigenvalue weighted by Gasteiger charge is -2.10. The molecule has 0 aliphatic rings. The quantitative estimate of drug-likeness (QED) is 0.796. The summed E-state index contributed by atoms with van der Waals surface area (Å²) in [6, 6.07) is 0.961. The lowest BCUT2D eigenvalue weighted by Crippen LogP contribution is -2.12. The van der Waals surface area contributed by atoms with E-state index in [-0.39, 0.29) is 6.61 Å². The number of hydrogen-bond acceptors (Lipinski definition) is 4. The molecule has 0 radical (unpaired) electrons. The highest BCUT2D eigenvalue weighted by Gasteiger charge is 2.37. The van der Waals surface area contributed by atoms with Gasteiger partial charge < -0.3 is 9.84 Å². The van der Waals surface area contributed by atoms with Crippen molar-refractivity contribution in [2.45, 2.75) is 13.1 Å². The normalized spacial score (nSPS) is 11.2. The van der Waals surface area contributed by atoms with Crippen LogP contribution in [0.2, 0.25) is 0 Å². The van der Waals surface area contributed by atoms with Gasteiger partial charge in [-0.15, -0.1) is 0 Å². The van der Waals surface area contributed by atoms with E-state index in [1.165, 1.54) is 6.92 Å². The Morgan fingerprint density at radius 3 is 2.69 bits per heavy atom. The third kappa shape index (κ3) is 2.41. The molecule has 0 aliphatic heterocycles. The topological polar surface area (TPSA) is 59.4 Å². The lowest BCUT2D eigenvalue weighted by molar-refractivity contribution is -0.142. The number of aromatic hydroxyl groups is 1. The Balaban J connectivity index is 3.19. The maximum Gasteiger partial charge on any atom is 0.437 e. The zero-order valence-electron chi connectivity index (χ0n) is 8.21. The van der Waals surface area contributed by atoms with Crippen molar-refractivity contribution in [2.24, 2.45) is 0 Å². The number of esters is 1. The Morgan fingerprint density at radius 1 is 1.56 bits per heavy atom. The summed E-state index contributed by atoms with van der Waals surface area (Å²) in [6.07, 6.45) is -4.03. The molecular weight excluding hydrogens is 227 g/mol. The van der Waals surface area contributed by atoms with E-state index in [1.807, 2.05) is 0 Å². The monoisotopic (exact) mass is 235 g/mol. The van der Waals surface area contributed by atoms with Gasteiger partial charge >= 0.3 is 12.1 Å². The second-order valence-corrected chi connectivity index (χ2v) is 2.77. The highest BCUT2D eigenvalue weighted by molar-refractivity contribution is 5.92. The van der Waals surface area contributed by atoms with Gasteiger partial charge in [-0.1, -0.05) is 0 Å². The van der Waals surface area contributed by atoms with Crippen LogP contribution in [0.4, 0.5) is 13.2 Å². The van der Waals surface area contributed by atoms with E-state index in [2.05, 4.69) is 9.72 Å². The third-order valence-electron chi connectivity index (χ3n) is 1.69. The number of alkyl halides is 3. The van der Waals surface area contributed by atoms with Crippen molar-refractivity contribution in [3.8, 4) is 5.75 Å². The molecule has 0 saturated carbocycles. The molecule has 0 atom stereocenters. The van der Waals surface area contributed by atoms with Crippen LogP contribution in [0.3, 0.4) is 0 Å². The van der Waals surface area contributed by atoms with Crippen LogP contribution in [0.15, 0.2) is 12.3 Å². The van der Waals surface area contributed by atoms with Crippen LogP contribution < -0.4 is 0 Å². The number of hydrogen-bond donors (Lipinski definition) is 1. The molecule has 1 aromatic rings. The minimum absolute atomic E-state index is 0.00193. The fourth-order valence-electron chi connectivity index (χ4n) is 1.03. The molecule has 0 aromatic carbocycles. The molecule has 1 rings (SSSR count). The molecule has 1 aromatic heterocycles. The number of pyridine rings is 1. The zero-order valence-corrected chi connectivity index (χ0v) is 8.21. The number of carbonyl (C=O) groups excluding carboxylic acids is 1. The average Bonchev–Trinajstić information content (AvgIpc) is 2.16. The highest BCUT2D eigenvalue weighted by atomic mass is 19.4. The van der Waals surface area contributed by atoms with E-state index in [9.17, 15) is 23.1 Å². The van der Waals surface area contributed by atoms with Crippen LogP contribution in [0.25, 0.3) is 0 Å². The van der Waals surface area contributed by atoms with Crippen molar-refractivity contribution in [3.63, 3.8) is 0 Å². The van der Waals surface area contributed by atoms with Crippen molar-refractivity contribution in [1.82, 2.24) is 4.98 Å². The van der Waals surface area contributed by atoms with Gasteiger partial charge in [0, 0.05) is 6.20 Å². The van der Waals surface area contributed by atoms with Gasteiger partial charge in [0.05, 0.1) is 6.61 Å². The van der Waals surface area contributed by atoms with E-state index < -0.39 is 29.2 Å². The molecule has 88 valence electrons. The van der Waals surface area contributed by atoms with Gasteiger partial charge in [0.2, 0.25) is 0 Å². The van der Waals surface area contributed by atoms with Crippen molar-refractivity contribution in [1.29, 1.82) is 0 Å². The lowest BCUT2D eigenvalue weighted by atomic mass is 10.2. The number of nitrogens with zero attached hydrogens (tertiary/aromatic N) is 1. The minimum atomic E-state index is -4.81. The maximum absolute atomic E-state index is 12.3. The van der Waals surface area contributed by atoms with Gasteiger partial charge in [0.15, 0.2) is 11.4 Å². The number of halogens is 3. The maximum atomic E-state index is 12.3. The fraction of sp³-hybridized carbons (Fsp3) is 0.333. The molecule has 0 unspecified atom stereocenters. The van der Waals surface area contributed by atoms with E-state index in [1.54, 1.807) is 0 Å². The summed E-state index contributed by atoms with van der Waals surface area (Å²) in [6.45, 7) is 1.50. The summed E-state index contributed by atoms with van der Waals surface area (Å²) in [4.78, 5) is 14.1. The molecule has 0 fully saturated rings.